The lowest BCUT2D eigenvalue weighted by Crippen LogP contribution is -2.24. The van der Waals surface area contributed by atoms with Crippen LogP contribution < -0.4 is 15.7 Å². The number of aromatic hydroxyl groups is 1. The number of carbonyl (C=O) groups is 1. The summed E-state index contributed by atoms with van der Waals surface area (Å²) in [5.41, 5.74) is 4.61. The number of thiophene rings is 1. The molecule has 0 unspecified atom stereocenters. The highest BCUT2D eigenvalue weighted by atomic mass is 32.2. The largest absolute Gasteiger partial charge is 0.507 e. The summed E-state index contributed by atoms with van der Waals surface area (Å²) in [7, 11) is 1.59. The van der Waals surface area contributed by atoms with E-state index in [0.717, 1.165) is 36.1 Å². The number of hydrogen-bond acceptors (Lipinski definition) is 8. The molecule has 1 aliphatic carbocycles. The van der Waals surface area contributed by atoms with Crippen LogP contribution in [0.4, 0.5) is 0 Å². The third-order valence-electron chi connectivity index (χ3n) is 5.95. The lowest BCUT2D eigenvalue weighted by Gasteiger charge is -2.14. The van der Waals surface area contributed by atoms with Crippen molar-refractivity contribution in [2.75, 3.05) is 12.9 Å². The first-order valence-electron chi connectivity index (χ1n) is 11.5. The zero-order valence-electron chi connectivity index (χ0n) is 19.6. The van der Waals surface area contributed by atoms with Crippen LogP contribution in [0.25, 0.3) is 15.9 Å². The standard InChI is InChI=1S/C26H24N4O4S2/c1-34-18-12-10-17(11-13-18)30-25(33)23-19-7-3-5-9-21(19)36-24(23)28-26(30)35-15-22(32)29-27-14-16-6-2-4-8-20(16)31/h2,4,6,8,10-14,31H,3,5,7,9,15H2,1H3,(H,29,32). The van der Waals surface area contributed by atoms with Gasteiger partial charge in [-0.25, -0.2) is 10.4 Å². The Hall–Kier alpha value is -3.63. The molecular formula is C26H24N4O4S2. The second kappa shape index (κ2) is 10.5. The minimum absolute atomic E-state index is 0.0112. The Bertz CT molecular complexity index is 1510. The van der Waals surface area contributed by atoms with Crippen molar-refractivity contribution in [3.8, 4) is 17.2 Å². The fourth-order valence-electron chi connectivity index (χ4n) is 4.18. The minimum Gasteiger partial charge on any atom is -0.507 e. The highest BCUT2D eigenvalue weighted by molar-refractivity contribution is 7.99. The predicted octanol–water partition coefficient (Wildman–Crippen LogP) is 4.28. The number of methoxy groups -OCH3 is 1. The molecule has 2 N–H and O–H groups in total. The van der Waals surface area contributed by atoms with Gasteiger partial charge < -0.3 is 9.84 Å². The van der Waals surface area contributed by atoms with Gasteiger partial charge in [-0.15, -0.1) is 11.3 Å². The topological polar surface area (TPSA) is 106 Å². The minimum atomic E-state index is -0.354. The third-order valence-corrected chi connectivity index (χ3v) is 8.08. The van der Waals surface area contributed by atoms with Crippen molar-refractivity contribution in [2.24, 2.45) is 5.10 Å². The number of phenolic OH excluding ortho intramolecular Hbond substituents is 1. The van der Waals surface area contributed by atoms with E-state index in [0.29, 0.717) is 27.5 Å². The van der Waals surface area contributed by atoms with E-state index in [9.17, 15) is 14.7 Å². The number of thioether (sulfide) groups is 1. The molecule has 0 spiro atoms. The van der Waals surface area contributed by atoms with Crippen molar-refractivity contribution < 1.29 is 14.6 Å². The number of carbonyl (C=O) groups excluding carboxylic acids is 1. The number of fused-ring (bicyclic) bond motifs is 3. The number of para-hydroxylation sites is 1. The average Bonchev–Trinajstić information content (AvgIpc) is 3.27. The first-order chi connectivity index (χ1) is 17.5. The van der Waals surface area contributed by atoms with Crippen molar-refractivity contribution >= 4 is 45.4 Å². The summed E-state index contributed by atoms with van der Waals surface area (Å²) < 4.78 is 6.84. The molecule has 5 rings (SSSR count). The zero-order valence-corrected chi connectivity index (χ0v) is 21.2. The third kappa shape index (κ3) is 4.87. The number of benzene rings is 2. The molecule has 0 radical (unpaired) electrons. The highest BCUT2D eigenvalue weighted by Gasteiger charge is 2.23. The van der Waals surface area contributed by atoms with Crippen molar-refractivity contribution in [2.45, 2.75) is 30.8 Å². The zero-order chi connectivity index (χ0) is 25.1. The van der Waals surface area contributed by atoms with Gasteiger partial charge in [0.2, 0.25) is 0 Å². The summed E-state index contributed by atoms with van der Waals surface area (Å²) in [5, 5.41) is 14.9. The summed E-state index contributed by atoms with van der Waals surface area (Å²) in [6.45, 7) is 0. The number of hydrogen-bond donors (Lipinski definition) is 2. The molecule has 0 atom stereocenters. The molecule has 2 aromatic heterocycles. The number of aromatic nitrogens is 2. The van der Waals surface area contributed by atoms with E-state index in [-0.39, 0.29) is 23.0 Å². The van der Waals surface area contributed by atoms with Gasteiger partial charge in [-0.1, -0.05) is 23.9 Å². The molecule has 0 aliphatic heterocycles. The molecule has 8 nitrogen and oxygen atoms in total. The first kappa shape index (κ1) is 24.1. The number of amides is 1. The quantitative estimate of drug-likeness (QED) is 0.163. The molecule has 184 valence electrons. The Kier molecular flexibility index (Phi) is 7.06. The fourth-order valence-corrected chi connectivity index (χ4v) is 6.28. The number of nitrogens with zero attached hydrogens (tertiary/aromatic N) is 3. The van der Waals surface area contributed by atoms with Crippen LogP contribution in [0.3, 0.4) is 0 Å². The van der Waals surface area contributed by atoms with Crippen LogP contribution in [-0.2, 0) is 17.6 Å². The van der Waals surface area contributed by atoms with Gasteiger partial charge in [0.1, 0.15) is 16.3 Å². The molecule has 2 heterocycles. The predicted molar refractivity (Wildman–Crippen MR) is 143 cm³/mol. The summed E-state index contributed by atoms with van der Waals surface area (Å²) in [6.07, 6.45) is 5.43. The maximum atomic E-state index is 13.8. The van der Waals surface area contributed by atoms with Crippen LogP contribution in [0.5, 0.6) is 11.5 Å². The van der Waals surface area contributed by atoms with E-state index in [1.165, 1.54) is 22.9 Å². The summed E-state index contributed by atoms with van der Waals surface area (Å²) in [6, 6.07) is 13.9. The van der Waals surface area contributed by atoms with Crippen LogP contribution in [0, 0.1) is 0 Å². The van der Waals surface area contributed by atoms with Gasteiger partial charge in [-0.05, 0) is 67.6 Å². The van der Waals surface area contributed by atoms with Crippen LogP contribution in [0.15, 0.2) is 63.6 Å². The maximum Gasteiger partial charge on any atom is 0.267 e. The number of hydrazone groups is 1. The van der Waals surface area contributed by atoms with E-state index in [4.69, 9.17) is 9.72 Å². The fraction of sp³-hybridized carbons (Fsp3) is 0.231. The number of phenols is 1. The monoisotopic (exact) mass is 520 g/mol. The Morgan fingerprint density at radius 1 is 1.22 bits per heavy atom. The van der Waals surface area contributed by atoms with Gasteiger partial charge in [0, 0.05) is 10.4 Å². The average molecular weight is 521 g/mol. The number of nitrogens with one attached hydrogen (secondary N) is 1. The molecule has 1 aliphatic rings. The van der Waals surface area contributed by atoms with Gasteiger partial charge in [-0.3, -0.25) is 14.2 Å². The van der Waals surface area contributed by atoms with Crippen LogP contribution in [-0.4, -0.2) is 39.6 Å². The maximum absolute atomic E-state index is 13.8. The van der Waals surface area contributed by atoms with Crippen LogP contribution in [0.1, 0.15) is 28.8 Å². The summed E-state index contributed by atoms with van der Waals surface area (Å²) in [5.74, 6) is 0.416. The Morgan fingerprint density at radius 3 is 2.78 bits per heavy atom. The highest BCUT2D eigenvalue weighted by Crippen LogP contribution is 2.35. The van der Waals surface area contributed by atoms with E-state index >= 15 is 0 Å². The molecule has 36 heavy (non-hydrogen) atoms. The van der Waals surface area contributed by atoms with Gasteiger partial charge in [0.25, 0.3) is 11.5 Å². The lowest BCUT2D eigenvalue weighted by atomic mass is 9.97. The normalized spacial score (nSPS) is 13.1. The number of ether oxygens (including phenoxy) is 1. The molecule has 0 saturated heterocycles. The molecule has 0 fully saturated rings. The van der Waals surface area contributed by atoms with Gasteiger partial charge in [0.05, 0.1) is 30.2 Å². The Labute approximate surface area is 215 Å². The molecule has 2 aromatic carbocycles. The van der Waals surface area contributed by atoms with Crippen molar-refractivity contribution in [3.63, 3.8) is 0 Å². The summed E-state index contributed by atoms with van der Waals surface area (Å²) in [4.78, 5) is 33.1. The molecule has 4 aromatic rings. The smallest absolute Gasteiger partial charge is 0.267 e. The Morgan fingerprint density at radius 2 is 2.00 bits per heavy atom. The first-order valence-corrected chi connectivity index (χ1v) is 13.3. The second-order valence-corrected chi connectivity index (χ2v) is 10.3. The van der Waals surface area contributed by atoms with Crippen LogP contribution >= 0.6 is 23.1 Å². The van der Waals surface area contributed by atoms with Gasteiger partial charge in [0.15, 0.2) is 5.16 Å². The van der Waals surface area contributed by atoms with E-state index < -0.39 is 0 Å². The summed E-state index contributed by atoms with van der Waals surface area (Å²) >= 11 is 2.76. The van der Waals surface area contributed by atoms with Gasteiger partial charge >= 0.3 is 0 Å². The molecule has 10 heteroatoms. The molecule has 0 bridgehead atoms. The van der Waals surface area contributed by atoms with Crippen molar-refractivity contribution in [3.05, 3.63) is 74.9 Å². The van der Waals surface area contributed by atoms with Crippen molar-refractivity contribution in [1.29, 1.82) is 0 Å². The molecule has 0 saturated carbocycles. The van der Waals surface area contributed by atoms with Crippen LogP contribution in [0.2, 0.25) is 0 Å². The van der Waals surface area contributed by atoms with E-state index in [1.807, 2.05) is 12.1 Å². The number of aryl methyl sites for hydroxylation is 2. The second-order valence-electron chi connectivity index (χ2n) is 8.26. The molecular weight excluding hydrogens is 496 g/mol. The SMILES string of the molecule is COc1ccc(-n2c(SCC(=O)NN=Cc3ccccc3O)nc3sc4c(c3c2=O)CCCC4)cc1. The van der Waals surface area contributed by atoms with E-state index in [2.05, 4.69) is 10.5 Å². The lowest BCUT2D eigenvalue weighted by molar-refractivity contribution is -0.118. The molecule has 1 amide bonds. The Balaban J connectivity index is 1.44. The van der Waals surface area contributed by atoms with E-state index in [1.54, 1.807) is 59.4 Å². The van der Waals surface area contributed by atoms with Gasteiger partial charge in [-0.2, -0.15) is 5.10 Å². The number of rotatable bonds is 7. The van der Waals surface area contributed by atoms with Crippen molar-refractivity contribution in [1.82, 2.24) is 15.0 Å².